The number of carbonyl (C=O) groups is 1. The maximum Gasteiger partial charge on any atom is 0.140 e. The molecule has 2 unspecified atom stereocenters. The predicted octanol–water partition coefficient (Wildman–Crippen LogP) is 4.32. The van der Waals surface area contributed by atoms with E-state index in [4.69, 9.17) is 0 Å². The molecular weight excluding hydrogens is 232 g/mol. The van der Waals surface area contributed by atoms with Crippen LogP contribution < -0.4 is 0 Å². The minimum absolute atomic E-state index is 0.127. The summed E-state index contributed by atoms with van der Waals surface area (Å²) in [6, 6.07) is 12.9. The molecule has 2 aliphatic carbocycles. The largest absolute Gasteiger partial charge is 0.299 e. The van der Waals surface area contributed by atoms with Gasteiger partial charge in [-0.3, -0.25) is 4.79 Å². The van der Waals surface area contributed by atoms with Crippen molar-refractivity contribution < 1.29 is 4.79 Å². The maximum absolute atomic E-state index is 12.1. The Labute approximate surface area is 112 Å². The second-order valence-electron chi connectivity index (χ2n) is 5.64. The van der Waals surface area contributed by atoms with E-state index in [2.05, 4.69) is 48.6 Å². The summed E-state index contributed by atoms with van der Waals surface area (Å²) in [6.45, 7) is 0. The van der Waals surface area contributed by atoms with Crippen LogP contribution in [0.25, 0.3) is 16.8 Å². The molecule has 0 heterocycles. The Hall–Kier alpha value is -1.89. The van der Waals surface area contributed by atoms with Crippen LogP contribution in [0, 0.1) is 5.92 Å². The van der Waals surface area contributed by atoms with Gasteiger partial charge in [0.05, 0.1) is 0 Å². The fourth-order valence-electron chi connectivity index (χ4n) is 3.68. The van der Waals surface area contributed by atoms with Crippen molar-refractivity contribution in [1.82, 2.24) is 0 Å². The average molecular weight is 248 g/mol. The van der Waals surface area contributed by atoms with Crippen molar-refractivity contribution in [2.45, 2.75) is 25.2 Å². The maximum atomic E-state index is 12.1. The molecule has 1 saturated carbocycles. The molecule has 1 fully saturated rings. The highest BCUT2D eigenvalue weighted by atomic mass is 16.1. The molecule has 0 aliphatic heterocycles. The first-order valence-electron chi connectivity index (χ1n) is 7.07. The molecule has 4 rings (SSSR count). The van der Waals surface area contributed by atoms with Crippen LogP contribution in [0.4, 0.5) is 0 Å². The molecule has 19 heavy (non-hydrogen) atoms. The van der Waals surface area contributed by atoms with Gasteiger partial charge in [-0.2, -0.15) is 0 Å². The van der Waals surface area contributed by atoms with Crippen LogP contribution in [-0.4, -0.2) is 5.78 Å². The summed E-state index contributed by atoms with van der Waals surface area (Å²) in [6.07, 6.45) is 7.25. The van der Waals surface area contributed by atoms with Crippen molar-refractivity contribution in [3.05, 3.63) is 53.6 Å². The fraction of sp³-hybridized carbons (Fsp3) is 0.278. The Morgan fingerprint density at radius 1 is 1.05 bits per heavy atom. The number of allylic oxidation sites excluding steroid dienone is 1. The molecule has 0 saturated heterocycles. The van der Waals surface area contributed by atoms with E-state index in [-0.39, 0.29) is 5.92 Å². The first-order chi connectivity index (χ1) is 9.34. The van der Waals surface area contributed by atoms with Gasteiger partial charge in [-0.05, 0) is 40.7 Å². The van der Waals surface area contributed by atoms with Crippen molar-refractivity contribution in [1.29, 1.82) is 0 Å². The van der Waals surface area contributed by atoms with Gasteiger partial charge in [0, 0.05) is 12.3 Å². The molecule has 0 spiro atoms. The Morgan fingerprint density at radius 2 is 1.95 bits per heavy atom. The van der Waals surface area contributed by atoms with Crippen molar-refractivity contribution in [2.24, 2.45) is 5.92 Å². The molecule has 2 aromatic carbocycles. The van der Waals surface area contributed by atoms with Crippen LogP contribution in [0.3, 0.4) is 0 Å². The predicted molar refractivity (Wildman–Crippen MR) is 78.1 cm³/mol. The van der Waals surface area contributed by atoms with Gasteiger partial charge in [0.2, 0.25) is 0 Å². The van der Waals surface area contributed by atoms with Gasteiger partial charge >= 0.3 is 0 Å². The highest BCUT2D eigenvalue weighted by Crippen LogP contribution is 2.43. The van der Waals surface area contributed by atoms with Crippen molar-refractivity contribution in [3.8, 4) is 0 Å². The zero-order valence-electron chi connectivity index (χ0n) is 10.8. The number of rotatable bonds is 0. The first kappa shape index (κ1) is 11.0. The Balaban J connectivity index is 1.95. The van der Waals surface area contributed by atoms with E-state index in [1.54, 1.807) is 0 Å². The number of hydrogen-bond donors (Lipinski definition) is 0. The molecule has 0 radical (unpaired) electrons. The van der Waals surface area contributed by atoms with Gasteiger partial charge in [-0.15, -0.1) is 0 Å². The molecule has 94 valence electrons. The normalized spacial score (nSPS) is 25.2. The zero-order valence-corrected chi connectivity index (χ0v) is 10.8. The lowest BCUT2D eigenvalue weighted by molar-refractivity contribution is -0.123. The van der Waals surface area contributed by atoms with E-state index in [1.165, 1.54) is 21.9 Å². The van der Waals surface area contributed by atoms with Gasteiger partial charge in [0.25, 0.3) is 0 Å². The smallest absolute Gasteiger partial charge is 0.140 e. The lowest BCUT2D eigenvalue weighted by Gasteiger charge is -2.33. The van der Waals surface area contributed by atoms with E-state index in [1.807, 2.05) is 0 Å². The van der Waals surface area contributed by atoms with Crippen LogP contribution >= 0.6 is 0 Å². The summed E-state index contributed by atoms with van der Waals surface area (Å²) in [7, 11) is 0. The molecule has 1 nitrogen and oxygen atoms in total. The van der Waals surface area contributed by atoms with Gasteiger partial charge < -0.3 is 0 Å². The minimum Gasteiger partial charge on any atom is -0.299 e. The third-order valence-electron chi connectivity index (χ3n) is 4.62. The molecule has 2 aliphatic rings. The summed E-state index contributed by atoms with van der Waals surface area (Å²) < 4.78 is 0. The Morgan fingerprint density at radius 3 is 2.89 bits per heavy atom. The molecule has 0 bridgehead atoms. The molecule has 2 aromatic rings. The standard InChI is InChI=1S/C18H16O/c19-18-7-3-6-14-16-9-8-12-4-1-2-5-13(12)15(16)10-11-17(14)18/h1-2,4-5,8-11,14,17H,3,6-7H2. The number of carbonyl (C=O) groups excluding carboxylic acids is 1. The number of hydrogen-bond acceptors (Lipinski definition) is 1. The number of Topliss-reactive ketones (excluding diaryl/α,β-unsaturated/α-hetero) is 1. The molecule has 2 atom stereocenters. The quantitative estimate of drug-likeness (QED) is 0.678. The van der Waals surface area contributed by atoms with Crippen LogP contribution in [0.15, 0.2) is 42.5 Å². The van der Waals surface area contributed by atoms with Crippen LogP contribution in [0.2, 0.25) is 0 Å². The van der Waals surface area contributed by atoms with Gasteiger partial charge in [-0.25, -0.2) is 0 Å². The highest BCUT2D eigenvalue weighted by molar-refractivity contribution is 5.95. The number of fused-ring (bicyclic) bond motifs is 5. The second-order valence-corrected chi connectivity index (χ2v) is 5.64. The van der Waals surface area contributed by atoms with E-state index in [0.29, 0.717) is 11.7 Å². The highest BCUT2D eigenvalue weighted by Gasteiger charge is 2.34. The summed E-state index contributed by atoms with van der Waals surface area (Å²) in [4.78, 5) is 12.1. The molecule has 0 N–H and O–H groups in total. The van der Waals surface area contributed by atoms with E-state index >= 15 is 0 Å². The SMILES string of the molecule is O=C1CCCC2c3ccc4ccccc4c3C=CC12. The molecule has 1 heteroatoms. The monoisotopic (exact) mass is 248 g/mol. The van der Waals surface area contributed by atoms with E-state index in [0.717, 1.165) is 19.3 Å². The summed E-state index contributed by atoms with van der Waals surface area (Å²) in [5.41, 5.74) is 2.70. The Bertz CT molecular complexity index is 696. The number of benzene rings is 2. The second kappa shape index (κ2) is 4.06. The van der Waals surface area contributed by atoms with Gasteiger partial charge in [-0.1, -0.05) is 48.6 Å². The third kappa shape index (κ3) is 1.58. The number of ketones is 1. The van der Waals surface area contributed by atoms with Crippen molar-refractivity contribution in [2.75, 3.05) is 0 Å². The Kier molecular flexibility index (Phi) is 2.34. The fourth-order valence-corrected chi connectivity index (χ4v) is 3.68. The van der Waals surface area contributed by atoms with Crippen LogP contribution in [-0.2, 0) is 4.79 Å². The molecular formula is C18H16O. The van der Waals surface area contributed by atoms with E-state index in [9.17, 15) is 4.79 Å². The third-order valence-corrected chi connectivity index (χ3v) is 4.62. The molecule has 0 amide bonds. The summed E-state index contributed by atoms with van der Waals surface area (Å²) >= 11 is 0. The van der Waals surface area contributed by atoms with Crippen molar-refractivity contribution in [3.63, 3.8) is 0 Å². The van der Waals surface area contributed by atoms with Gasteiger partial charge in [0.15, 0.2) is 0 Å². The lowest BCUT2D eigenvalue weighted by atomic mass is 9.70. The summed E-state index contributed by atoms with van der Waals surface area (Å²) in [5.74, 6) is 0.958. The average Bonchev–Trinajstić information content (AvgIpc) is 2.47. The minimum atomic E-state index is 0.127. The van der Waals surface area contributed by atoms with Crippen LogP contribution in [0.5, 0.6) is 0 Å². The lowest BCUT2D eigenvalue weighted by Crippen LogP contribution is -2.27. The topological polar surface area (TPSA) is 17.1 Å². The van der Waals surface area contributed by atoms with Crippen molar-refractivity contribution >= 4 is 22.6 Å². The van der Waals surface area contributed by atoms with Gasteiger partial charge in [0.1, 0.15) is 5.78 Å². The van der Waals surface area contributed by atoms with E-state index < -0.39 is 0 Å². The summed E-state index contributed by atoms with van der Waals surface area (Å²) in [5, 5.41) is 2.60. The van der Waals surface area contributed by atoms with Crippen LogP contribution in [0.1, 0.15) is 36.3 Å². The first-order valence-corrected chi connectivity index (χ1v) is 7.07. The molecule has 0 aromatic heterocycles. The zero-order chi connectivity index (χ0) is 12.8.